The van der Waals surface area contributed by atoms with Crippen LogP contribution in [0.3, 0.4) is 0 Å². The number of hydrogen-bond acceptors (Lipinski definition) is 2. The Kier molecular flexibility index (Phi) is 7.43. The van der Waals surface area contributed by atoms with Crippen LogP contribution in [0.1, 0.15) is 16.7 Å². The first kappa shape index (κ1) is 22.3. The molecule has 0 aliphatic carbocycles. The molecule has 7 heteroatoms. The molecule has 32 heavy (non-hydrogen) atoms. The number of imidazole rings is 1. The number of rotatable bonds is 7. The van der Waals surface area contributed by atoms with Crippen LogP contribution in [-0.4, -0.2) is 19.6 Å². The highest BCUT2D eigenvalue weighted by atomic mass is 35.5. The number of benzene rings is 3. The monoisotopic (exact) mass is 480 g/mol. The number of anilines is 1. The zero-order valence-corrected chi connectivity index (χ0v) is 19.6. The molecule has 0 fully saturated rings. The molecule has 1 aromatic heterocycles. The van der Waals surface area contributed by atoms with Gasteiger partial charge in [-0.25, -0.2) is 4.98 Å². The number of aromatic nitrogens is 2. The van der Waals surface area contributed by atoms with E-state index in [0.29, 0.717) is 34.8 Å². The maximum atomic E-state index is 6.17. The van der Waals surface area contributed by atoms with E-state index in [1.54, 1.807) is 18.6 Å². The summed E-state index contributed by atoms with van der Waals surface area (Å²) in [5.41, 5.74) is 3.41. The third-order valence-electron chi connectivity index (χ3n) is 5.00. The third kappa shape index (κ3) is 5.88. The van der Waals surface area contributed by atoms with Gasteiger partial charge in [0.1, 0.15) is 5.82 Å². The summed E-state index contributed by atoms with van der Waals surface area (Å²) in [5, 5.41) is 5.08. The Bertz CT molecular complexity index is 1140. The van der Waals surface area contributed by atoms with Crippen LogP contribution >= 0.6 is 35.4 Å². The van der Waals surface area contributed by atoms with E-state index in [1.165, 1.54) is 11.1 Å². The van der Waals surface area contributed by atoms with Crippen molar-refractivity contribution in [1.82, 2.24) is 14.5 Å². The quantitative estimate of drug-likeness (QED) is 0.300. The van der Waals surface area contributed by atoms with Crippen molar-refractivity contribution in [3.63, 3.8) is 0 Å². The molecule has 162 valence electrons. The van der Waals surface area contributed by atoms with Crippen molar-refractivity contribution < 1.29 is 0 Å². The Morgan fingerprint density at radius 2 is 1.47 bits per heavy atom. The van der Waals surface area contributed by atoms with E-state index in [9.17, 15) is 0 Å². The van der Waals surface area contributed by atoms with Crippen molar-refractivity contribution in [2.24, 2.45) is 0 Å². The molecule has 0 saturated heterocycles. The molecule has 0 bridgehead atoms. The number of thiocarbonyl (C=S) groups is 1. The predicted molar refractivity (Wildman–Crippen MR) is 136 cm³/mol. The second-order valence-electron chi connectivity index (χ2n) is 7.41. The molecule has 1 heterocycles. The van der Waals surface area contributed by atoms with Gasteiger partial charge in [-0.1, -0.05) is 89.9 Å². The van der Waals surface area contributed by atoms with E-state index in [1.807, 2.05) is 53.1 Å². The summed E-state index contributed by atoms with van der Waals surface area (Å²) in [6.07, 6.45) is 3.54. The molecule has 0 aliphatic heterocycles. The van der Waals surface area contributed by atoms with Gasteiger partial charge in [0.15, 0.2) is 5.11 Å². The van der Waals surface area contributed by atoms with E-state index in [4.69, 9.17) is 35.4 Å². The van der Waals surface area contributed by atoms with Crippen LogP contribution in [0.4, 0.5) is 5.82 Å². The first-order valence-electron chi connectivity index (χ1n) is 10.2. The second kappa shape index (κ2) is 10.6. The zero-order valence-electron chi connectivity index (χ0n) is 17.3. The lowest BCUT2D eigenvalue weighted by atomic mass is 10.2. The molecule has 4 aromatic rings. The largest absolute Gasteiger partial charge is 0.340 e. The Labute approximate surface area is 203 Å². The Hall–Kier alpha value is -2.86. The van der Waals surface area contributed by atoms with Crippen LogP contribution in [0.5, 0.6) is 0 Å². The lowest BCUT2D eigenvalue weighted by molar-refractivity contribution is 0.412. The summed E-state index contributed by atoms with van der Waals surface area (Å²) in [4.78, 5) is 6.45. The average molecular weight is 481 g/mol. The summed E-state index contributed by atoms with van der Waals surface area (Å²) in [6, 6.07) is 26.2. The molecule has 0 atom stereocenters. The molecular formula is C25H22Cl2N4S. The van der Waals surface area contributed by atoms with Crippen molar-refractivity contribution in [1.29, 1.82) is 0 Å². The second-order valence-corrected chi connectivity index (χ2v) is 8.61. The Morgan fingerprint density at radius 3 is 2.06 bits per heavy atom. The van der Waals surface area contributed by atoms with Gasteiger partial charge in [0.05, 0.1) is 29.1 Å². The first-order chi connectivity index (χ1) is 15.6. The van der Waals surface area contributed by atoms with Crippen molar-refractivity contribution >= 4 is 46.4 Å². The van der Waals surface area contributed by atoms with E-state index < -0.39 is 0 Å². The van der Waals surface area contributed by atoms with Crippen LogP contribution in [-0.2, 0) is 19.6 Å². The van der Waals surface area contributed by atoms with Gasteiger partial charge >= 0.3 is 0 Å². The van der Waals surface area contributed by atoms with Crippen LogP contribution in [0.2, 0.25) is 10.0 Å². The average Bonchev–Trinajstić information content (AvgIpc) is 3.23. The molecule has 0 radical (unpaired) electrons. The summed E-state index contributed by atoms with van der Waals surface area (Å²) in [7, 11) is 0. The molecule has 0 amide bonds. The summed E-state index contributed by atoms with van der Waals surface area (Å²) < 4.78 is 2.00. The zero-order chi connectivity index (χ0) is 22.3. The molecule has 4 rings (SSSR count). The third-order valence-corrected chi connectivity index (χ3v) is 6.10. The van der Waals surface area contributed by atoms with Crippen LogP contribution in [0, 0.1) is 0 Å². The maximum absolute atomic E-state index is 6.17. The molecule has 0 aliphatic rings. The predicted octanol–water partition coefficient (Wildman–Crippen LogP) is 6.64. The molecule has 4 nitrogen and oxygen atoms in total. The standard InChI is InChI=1S/C25H22Cl2N4S/c26-22-12-11-21(13-23(22)27)17-31-18-28-14-24(31)29-25(32)30(15-19-7-3-1-4-8-19)16-20-9-5-2-6-10-20/h1-14,18H,15-17H2,(H,29,32). The SMILES string of the molecule is S=C(Nc1cncn1Cc1ccc(Cl)c(Cl)c1)N(Cc1ccccc1)Cc1ccccc1. The minimum absolute atomic E-state index is 0.534. The van der Waals surface area contributed by atoms with Gasteiger partial charge in [-0.15, -0.1) is 0 Å². The molecule has 1 N–H and O–H groups in total. The molecule has 0 unspecified atom stereocenters. The smallest absolute Gasteiger partial charge is 0.175 e. The van der Waals surface area contributed by atoms with Gasteiger partial charge in [0, 0.05) is 13.1 Å². The minimum atomic E-state index is 0.534. The number of halogens is 2. The maximum Gasteiger partial charge on any atom is 0.175 e. The number of hydrogen-bond donors (Lipinski definition) is 1. The molecular weight excluding hydrogens is 459 g/mol. The van der Waals surface area contributed by atoms with Crippen molar-refractivity contribution in [3.05, 3.63) is 118 Å². The highest BCUT2D eigenvalue weighted by molar-refractivity contribution is 7.80. The summed E-state index contributed by atoms with van der Waals surface area (Å²) >= 11 is 18.0. The van der Waals surface area contributed by atoms with E-state index in [2.05, 4.69) is 39.5 Å². The normalized spacial score (nSPS) is 10.7. The highest BCUT2D eigenvalue weighted by Crippen LogP contribution is 2.24. The topological polar surface area (TPSA) is 33.1 Å². The lowest BCUT2D eigenvalue weighted by Gasteiger charge is -2.26. The molecule has 3 aromatic carbocycles. The fourth-order valence-electron chi connectivity index (χ4n) is 3.38. The van der Waals surface area contributed by atoms with Crippen molar-refractivity contribution in [2.45, 2.75) is 19.6 Å². The van der Waals surface area contributed by atoms with Gasteiger partial charge in [-0.05, 0) is 41.0 Å². The van der Waals surface area contributed by atoms with Crippen LogP contribution in [0.15, 0.2) is 91.4 Å². The van der Waals surface area contributed by atoms with Gasteiger partial charge in [-0.3, -0.25) is 0 Å². The number of nitrogens with one attached hydrogen (secondary N) is 1. The van der Waals surface area contributed by atoms with E-state index in [0.717, 1.165) is 11.4 Å². The first-order valence-corrected chi connectivity index (χ1v) is 11.3. The van der Waals surface area contributed by atoms with E-state index in [-0.39, 0.29) is 0 Å². The fraction of sp³-hybridized carbons (Fsp3) is 0.120. The highest BCUT2D eigenvalue weighted by Gasteiger charge is 2.14. The Morgan fingerprint density at radius 1 is 0.844 bits per heavy atom. The van der Waals surface area contributed by atoms with Crippen molar-refractivity contribution in [2.75, 3.05) is 5.32 Å². The van der Waals surface area contributed by atoms with Crippen LogP contribution < -0.4 is 5.32 Å². The Balaban J connectivity index is 1.51. The van der Waals surface area contributed by atoms with Crippen LogP contribution in [0.25, 0.3) is 0 Å². The van der Waals surface area contributed by atoms with Gasteiger partial charge in [-0.2, -0.15) is 0 Å². The van der Waals surface area contributed by atoms with Gasteiger partial charge in [0.25, 0.3) is 0 Å². The molecule has 0 saturated carbocycles. The van der Waals surface area contributed by atoms with Gasteiger partial charge in [0.2, 0.25) is 0 Å². The number of nitrogens with zero attached hydrogens (tertiary/aromatic N) is 3. The minimum Gasteiger partial charge on any atom is -0.340 e. The fourth-order valence-corrected chi connectivity index (χ4v) is 3.94. The van der Waals surface area contributed by atoms with Gasteiger partial charge < -0.3 is 14.8 Å². The van der Waals surface area contributed by atoms with Crippen molar-refractivity contribution in [3.8, 4) is 0 Å². The summed E-state index contributed by atoms with van der Waals surface area (Å²) in [5.74, 6) is 0.812. The molecule has 0 spiro atoms. The lowest BCUT2D eigenvalue weighted by Crippen LogP contribution is -2.34. The van der Waals surface area contributed by atoms with E-state index >= 15 is 0 Å². The summed E-state index contributed by atoms with van der Waals surface area (Å²) in [6.45, 7) is 1.99.